The number of phenolic OH excluding ortho intramolecular Hbond substituents is 1. The number of halogens is 1. The van der Waals surface area contributed by atoms with Gasteiger partial charge in [0, 0.05) is 41.0 Å². The molecule has 0 aromatic heterocycles. The van der Waals surface area contributed by atoms with Gasteiger partial charge < -0.3 is 14.9 Å². The summed E-state index contributed by atoms with van der Waals surface area (Å²) in [4.78, 5) is 30.9. The van der Waals surface area contributed by atoms with Crippen LogP contribution >= 0.6 is 15.9 Å². The first-order valence-electron chi connectivity index (χ1n) is 11.2. The zero-order chi connectivity index (χ0) is 21.5. The quantitative estimate of drug-likeness (QED) is 0.607. The van der Waals surface area contributed by atoms with Crippen LogP contribution in [0.3, 0.4) is 0 Å². The molecule has 5 nitrogen and oxygen atoms in total. The second kappa shape index (κ2) is 8.30. The number of aromatic hydroxyl groups is 1. The van der Waals surface area contributed by atoms with Gasteiger partial charge in [-0.05, 0) is 61.6 Å². The van der Waals surface area contributed by atoms with Crippen molar-refractivity contribution in [3.63, 3.8) is 0 Å². The smallest absolute Gasteiger partial charge is 0.258 e. The van der Waals surface area contributed by atoms with Crippen LogP contribution in [0.25, 0.3) is 0 Å². The average Bonchev–Trinajstić information content (AvgIpc) is 3.49. The minimum absolute atomic E-state index is 0.0339. The first-order chi connectivity index (χ1) is 15.1. The van der Waals surface area contributed by atoms with E-state index in [9.17, 15) is 14.7 Å². The van der Waals surface area contributed by atoms with Gasteiger partial charge in [0.15, 0.2) is 0 Å². The summed E-state index contributed by atoms with van der Waals surface area (Å²) in [5.74, 6) is 0.575. The van der Waals surface area contributed by atoms with E-state index in [2.05, 4.69) is 26.9 Å². The van der Waals surface area contributed by atoms with Crippen LogP contribution in [0.4, 0.5) is 5.69 Å². The third-order valence-corrected chi connectivity index (χ3v) is 7.35. The maximum Gasteiger partial charge on any atom is 0.258 e. The molecule has 2 amide bonds. The summed E-state index contributed by atoms with van der Waals surface area (Å²) in [6.45, 7) is 0. The maximum absolute atomic E-state index is 13.6. The van der Waals surface area contributed by atoms with Crippen LogP contribution in [0.15, 0.2) is 48.5 Å². The number of nitrogens with zero attached hydrogens (tertiary/aromatic N) is 2. The van der Waals surface area contributed by atoms with Crippen molar-refractivity contribution in [3.05, 3.63) is 59.7 Å². The maximum atomic E-state index is 13.6. The highest BCUT2D eigenvalue weighted by molar-refractivity contribution is 9.09. The van der Waals surface area contributed by atoms with Crippen LogP contribution in [0.1, 0.15) is 60.5 Å². The Kier molecular flexibility index (Phi) is 5.51. The largest absolute Gasteiger partial charge is 0.508 e. The predicted molar refractivity (Wildman–Crippen MR) is 124 cm³/mol. The molecule has 3 atom stereocenters. The molecule has 162 valence electrons. The zero-order valence-corrected chi connectivity index (χ0v) is 19.0. The molecule has 2 saturated carbocycles. The van der Waals surface area contributed by atoms with Crippen LogP contribution in [0.5, 0.6) is 5.75 Å². The van der Waals surface area contributed by atoms with E-state index in [1.807, 2.05) is 23.1 Å². The molecule has 1 N–H and O–H groups in total. The predicted octanol–water partition coefficient (Wildman–Crippen LogP) is 5.04. The number of hydrogen-bond donors (Lipinski definition) is 1. The number of alkyl halides is 1. The molecule has 0 radical (unpaired) electrons. The highest BCUT2D eigenvalue weighted by Gasteiger charge is 2.51. The second-order valence-electron chi connectivity index (χ2n) is 8.86. The van der Waals surface area contributed by atoms with E-state index in [1.54, 1.807) is 24.3 Å². The molecule has 1 aliphatic heterocycles. The van der Waals surface area contributed by atoms with Crippen molar-refractivity contribution in [3.8, 4) is 5.75 Å². The first kappa shape index (κ1) is 20.6. The highest BCUT2D eigenvalue weighted by Crippen LogP contribution is 2.52. The number of phenols is 1. The van der Waals surface area contributed by atoms with Crippen molar-refractivity contribution < 1.29 is 14.7 Å². The van der Waals surface area contributed by atoms with Crippen LogP contribution in [0, 0.1) is 5.92 Å². The number of benzene rings is 2. The minimum Gasteiger partial charge on any atom is -0.508 e. The van der Waals surface area contributed by atoms with Gasteiger partial charge in [0.05, 0.1) is 6.04 Å². The third kappa shape index (κ3) is 3.65. The molecule has 0 bridgehead atoms. The second-order valence-corrected chi connectivity index (χ2v) is 9.65. The topological polar surface area (TPSA) is 60.9 Å². The van der Waals surface area contributed by atoms with E-state index in [4.69, 9.17) is 0 Å². The Labute approximate surface area is 191 Å². The Bertz CT molecular complexity index is 989. The van der Waals surface area contributed by atoms with Crippen molar-refractivity contribution >= 4 is 33.4 Å². The lowest BCUT2D eigenvalue weighted by Crippen LogP contribution is -2.52. The van der Waals surface area contributed by atoms with E-state index < -0.39 is 0 Å². The van der Waals surface area contributed by atoms with Crippen LogP contribution in [0.2, 0.25) is 0 Å². The molecule has 1 heterocycles. The van der Waals surface area contributed by atoms with E-state index in [-0.39, 0.29) is 35.6 Å². The number of para-hydroxylation sites is 1. The fraction of sp³-hybridized carbons (Fsp3) is 0.440. The summed E-state index contributed by atoms with van der Waals surface area (Å²) in [5.41, 5.74) is 2.59. The lowest BCUT2D eigenvalue weighted by atomic mass is 9.81. The third-order valence-electron chi connectivity index (χ3n) is 6.95. The van der Waals surface area contributed by atoms with Gasteiger partial charge in [-0.15, -0.1) is 0 Å². The highest BCUT2D eigenvalue weighted by atomic mass is 79.9. The SMILES string of the molecule is O=C(c1ccc(O)cc1)N1c2ccccc2C(N(C(=O)CCBr)C2CC2)C2CCCC21. The van der Waals surface area contributed by atoms with Crippen molar-refractivity contribution in [2.24, 2.45) is 5.92 Å². The van der Waals surface area contributed by atoms with Crippen molar-refractivity contribution in [1.82, 2.24) is 4.90 Å². The molecule has 0 spiro atoms. The molecule has 0 saturated heterocycles. The molecule has 2 aromatic rings. The molecule has 3 unspecified atom stereocenters. The summed E-state index contributed by atoms with van der Waals surface area (Å²) in [6.07, 6.45) is 5.67. The Balaban J connectivity index is 1.59. The number of fused-ring (bicyclic) bond motifs is 2. The molecule has 5 rings (SSSR count). The first-order valence-corrected chi connectivity index (χ1v) is 12.3. The standard InChI is InChI=1S/C25H27BrN2O3/c26-15-14-23(30)27(17-10-11-17)24-19-4-1-2-6-21(19)28(22-7-3-5-20(22)24)25(31)16-8-12-18(29)13-9-16/h1-2,4,6,8-9,12-13,17,20,22,24,29H,3,5,7,10-11,14-15H2. The van der Waals surface area contributed by atoms with Gasteiger partial charge in [0.25, 0.3) is 5.91 Å². The van der Waals surface area contributed by atoms with E-state index in [0.29, 0.717) is 23.4 Å². The Morgan fingerprint density at radius 2 is 1.77 bits per heavy atom. The Morgan fingerprint density at radius 1 is 1.03 bits per heavy atom. The summed E-state index contributed by atoms with van der Waals surface area (Å²) in [6, 6.07) is 15.1. The van der Waals surface area contributed by atoms with Gasteiger partial charge >= 0.3 is 0 Å². The average molecular weight is 483 g/mol. The normalized spacial score (nSPS) is 24.4. The summed E-state index contributed by atoms with van der Waals surface area (Å²) < 4.78 is 0. The number of rotatable bonds is 5. The Morgan fingerprint density at radius 3 is 2.48 bits per heavy atom. The lowest BCUT2D eigenvalue weighted by Gasteiger charge is -2.48. The molecule has 2 fully saturated rings. The summed E-state index contributed by atoms with van der Waals surface area (Å²) in [7, 11) is 0. The van der Waals surface area contributed by atoms with Gasteiger partial charge in [-0.3, -0.25) is 9.59 Å². The van der Waals surface area contributed by atoms with Crippen LogP contribution in [-0.4, -0.2) is 39.2 Å². The molecule has 31 heavy (non-hydrogen) atoms. The minimum atomic E-state index is -0.0347. The number of carbonyl (C=O) groups is 2. The lowest BCUT2D eigenvalue weighted by molar-refractivity contribution is -0.135. The fourth-order valence-corrected chi connectivity index (χ4v) is 5.87. The van der Waals surface area contributed by atoms with E-state index in [1.165, 1.54) is 0 Å². The number of hydrogen-bond acceptors (Lipinski definition) is 3. The van der Waals surface area contributed by atoms with E-state index in [0.717, 1.165) is 43.4 Å². The fourth-order valence-electron chi connectivity index (χ4n) is 5.53. The van der Waals surface area contributed by atoms with Gasteiger partial charge in [-0.25, -0.2) is 0 Å². The van der Waals surface area contributed by atoms with Crippen LogP contribution in [-0.2, 0) is 4.79 Å². The van der Waals surface area contributed by atoms with Gasteiger partial charge in [-0.1, -0.05) is 40.5 Å². The molecular weight excluding hydrogens is 456 g/mol. The molecule has 2 aliphatic carbocycles. The van der Waals surface area contributed by atoms with Gasteiger partial charge in [-0.2, -0.15) is 0 Å². The van der Waals surface area contributed by atoms with Crippen molar-refractivity contribution in [2.75, 3.05) is 10.2 Å². The molecule has 2 aromatic carbocycles. The van der Waals surface area contributed by atoms with Gasteiger partial charge in [0.2, 0.25) is 5.91 Å². The number of amides is 2. The zero-order valence-electron chi connectivity index (χ0n) is 17.4. The number of carbonyl (C=O) groups excluding carboxylic acids is 2. The molecular formula is C25H27BrN2O3. The molecule has 3 aliphatic rings. The van der Waals surface area contributed by atoms with E-state index >= 15 is 0 Å². The number of anilines is 1. The monoisotopic (exact) mass is 482 g/mol. The van der Waals surface area contributed by atoms with Crippen molar-refractivity contribution in [1.29, 1.82) is 0 Å². The molecule has 6 heteroatoms. The van der Waals surface area contributed by atoms with Gasteiger partial charge in [0.1, 0.15) is 5.75 Å². The van der Waals surface area contributed by atoms with Crippen molar-refractivity contribution in [2.45, 2.75) is 56.7 Å². The summed E-state index contributed by atoms with van der Waals surface area (Å²) in [5, 5.41) is 10.3. The Hall–Kier alpha value is -2.34. The summed E-state index contributed by atoms with van der Waals surface area (Å²) >= 11 is 3.44. The van der Waals surface area contributed by atoms with Crippen LogP contribution < -0.4 is 4.90 Å².